The van der Waals surface area contributed by atoms with E-state index < -0.39 is 0 Å². The van der Waals surface area contributed by atoms with Crippen LogP contribution in [0.15, 0.2) is 0 Å². The van der Waals surface area contributed by atoms with Crippen molar-refractivity contribution in [3.05, 3.63) is 0 Å². The molecule has 2 radical (unpaired) electrons. The Morgan fingerprint density at radius 1 is 0.778 bits per heavy atom. The molecule has 1 aliphatic carbocycles. The molecule has 18 heavy (non-hydrogen) atoms. The Morgan fingerprint density at radius 3 is 1.39 bits per heavy atom. The van der Waals surface area contributed by atoms with Crippen LogP contribution in [0.5, 0.6) is 0 Å². The van der Waals surface area contributed by atoms with Crippen molar-refractivity contribution in [2.24, 2.45) is 16.2 Å². The molecule has 1 saturated carbocycles. The summed E-state index contributed by atoms with van der Waals surface area (Å²) in [5.74, 6) is 0. The highest BCUT2D eigenvalue weighted by molar-refractivity contribution is 6.14. The minimum absolute atomic E-state index is 0.0826. The molecular weight excluding hydrogens is 215 g/mol. The summed E-state index contributed by atoms with van der Waals surface area (Å²) < 4.78 is 0. The molecular formula is C17H33B. The van der Waals surface area contributed by atoms with Crippen LogP contribution in [0.2, 0.25) is 5.31 Å². The second kappa shape index (κ2) is 4.87. The van der Waals surface area contributed by atoms with Crippen LogP contribution in [0.3, 0.4) is 0 Å². The van der Waals surface area contributed by atoms with Gasteiger partial charge in [-0.3, -0.25) is 0 Å². The first kappa shape index (κ1) is 16.1. The van der Waals surface area contributed by atoms with Gasteiger partial charge in [0.05, 0.1) is 7.85 Å². The van der Waals surface area contributed by atoms with Crippen LogP contribution >= 0.6 is 0 Å². The van der Waals surface area contributed by atoms with Gasteiger partial charge in [-0.2, -0.15) is 0 Å². The third-order valence-electron chi connectivity index (χ3n) is 4.26. The Hall–Kier alpha value is 0.0649. The summed E-state index contributed by atoms with van der Waals surface area (Å²) >= 11 is 0. The average molecular weight is 248 g/mol. The molecule has 0 aromatic carbocycles. The van der Waals surface area contributed by atoms with E-state index in [9.17, 15) is 0 Å². The maximum atomic E-state index is 6.33. The van der Waals surface area contributed by atoms with Gasteiger partial charge in [-0.25, -0.2) is 0 Å². The standard InChI is InChI=1S/C17H33B/c1-14(2,3)12-17(13-15(4,5)6)10-8-16(7,18)9-11-17/h8-13H2,1-7H3. The molecule has 1 fully saturated rings. The molecule has 1 rings (SSSR count). The summed E-state index contributed by atoms with van der Waals surface area (Å²) in [6.07, 6.45) is 7.70. The van der Waals surface area contributed by atoms with Crippen LogP contribution in [0, 0.1) is 16.2 Å². The number of rotatable bonds is 2. The van der Waals surface area contributed by atoms with Crippen LogP contribution in [-0.4, -0.2) is 7.85 Å². The van der Waals surface area contributed by atoms with E-state index in [2.05, 4.69) is 48.5 Å². The highest BCUT2D eigenvalue weighted by Crippen LogP contribution is 2.56. The van der Waals surface area contributed by atoms with Crippen LogP contribution in [0.25, 0.3) is 0 Å². The summed E-state index contributed by atoms with van der Waals surface area (Å²) in [6, 6.07) is 0. The van der Waals surface area contributed by atoms with Gasteiger partial charge >= 0.3 is 0 Å². The lowest BCUT2D eigenvalue weighted by Crippen LogP contribution is -2.36. The highest BCUT2D eigenvalue weighted by atomic mass is 14.5. The zero-order valence-electron chi connectivity index (χ0n) is 13.8. The molecule has 0 amide bonds. The molecule has 104 valence electrons. The Labute approximate surface area is 117 Å². The molecule has 0 bridgehead atoms. The van der Waals surface area contributed by atoms with Crippen molar-refractivity contribution in [1.29, 1.82) is 0 Å². The van der Waals surface area contributed by atoms with Crippen LogP contribution in [-0.2, 0) is 0 Å². The minimum atomic E-state index is 0.0826. The first-order valence-corrected chi connectivity index (χ1v) is 7.62. The van der Waals surface area contributed by atoms with Gasteiger partial charge < -0.3 is 0 Å². The fraction of sp³-hybridized carbons (Fsp3) is 1.00. The lowest BCUT2D eigenvalue weighted by molar-refractivity contribution is 0.0520. The Kier molecular flexibility index (Phi) is 4.36. The largest absolute Gasteiger partial charge is 0.0742 e. The second-order valence-electron chi connectivity index (χ2n) is 9.63. The molecule has 1 aliphatic rings. The third-order valence-corrected chi connectivity index (χ3v) is 4.26. The molecule has 1 heteroatoms. The average Bonchev–Trinajstić information content (AvgIpc) is 2.05. The maximum Gasteiger partial charge on any atom is 0.0742 e. The summed E-state index contributed by atoms with van der Waals surface area (Å²) in [5.41, 5.74) is 1.37. The van der Waals surface area contributed by atoms with Crippen molar-refractivity contribution in [3.63, 3.8) is 0 Å². The van der Waals surface area contributed by atoms with Crippen molar-refractivity contribution >= 4 is 7.85 Å². The molecule has 0 aromatic rings. The zero-order chi connectivity index (χ0) is 14.2. The Bertz CT molecular complexity index is 247. The van der Waals surface area contributed by atoms with Gasteiger partial charge in [-0.05, 0) is 41.9 Å². The van der Waals surface area contributed by atoms with Crippen molar-refractivity contribution in [2.75, 3.05) is 0 Å². The van der Waals surface area contributed by atoms with Gasteiger partial charge in [0.15, 0.2) is 0 Å². The van der Waals surface area contributed by atoms with Crippen molar-refractivity contribution in [3.8, 4) is 0 Å². The second-order valence-corrected chi connectivity index (χ2v) is 9.63. The van der Waals surface area contributed by atoms with Gasteiger partial charge in [0.1, 0.15) is 0 Å². The molecule has 0 aromatic heterocycles. The molecule has 0 nitrogen and oxygen atoms in total. The molecule has 0 unspecified atom stereocenters. The smallest absolute Gasteiger partial charge is 0.0688 e. The van der Waals surface area contributed by atoms with Crippen LogP contribution < -0.4 is 0 Å². The predicted molar refractivity (Wildman–Crippen MR) is 83.2 cm³/mol. The summed E-state index contributed by atoms with van der Waals surface area (Å²) in [4.78, 5) is 0. The lowest BCUT2D eigenvalue weighted by atomic mass is 9.51. The normalized spacial score (nSPS) is 23.9. The Morgan fingerprint density at radius 2 is 1.11 bits per heavy atom. The topological polar surface area (TPSA) is 0 Å². The van der Waals surface area contributed by atoms with Crippen LogP contribution in [0.1, 0.15) is 87.0 Å². The van der Waals surface area contributed by atoms with Gasteiger partial charge in [0, 0.05) is 0 Å². The van der Waals surface area contributed by atoms with Gasteiger partial charge in [-0.1, -0.05) is 66.6 Å². The summed E-state index contributed by atoms with van der Waals surface area (Å²) in [5, 5.41) is 0.0826. The predicted octanol–water partition coefficient (Wildman–Crippen LogP) is 5.77. The van der Waals surface area contributed by atoms with E-state index in [1.54, 1.807) is 0 Å². The van der Waals surface area contributed by atoms with Crippen LogP contribution in [0.4, 0.5) is 0 Å². The first-order valence-electron chi connectivity index (χ1n) is 7.62. The van der Waals surface area contributed by atoms with E-state index >= 15 is 0 Å². The van der Waals surface area contributed by atoms with E-state index in [0.717, 1.165) is 0 Å². The molecule has 0 saturated heterocycles. The highest BCUT2D eigenvalue weighted by Gasteiger charge is 2.42. The van der Waals surface area contributed by atoms with E-state index in [1.807, 2.05) is 0 Å². The molecule has 0 heterocycles. The van der Waals surface area contributed by atoms with E-state index in [4.69, 9.17) is 7.85 Å². The molecule has 0 atom stereocenters. The lowest BCUT2D eigenvalue weighted by Gasteiger charge is -2.49. The Balaban J connectivity index is 2.83. The maximum absolute atomic E-state index is 6.33. The quantitative estimate of drug-likeness (QED) is 0.544. The van der Waals surface area contributed by atoms with E-state index in [1.165, 1.54) is 38.5 Å². The molecule has 0 aliphatic heterocycles. The van der Waals surface area contributed by atoms with E-state index in [0.29, 0.717) is 16.2 Å². The summed E-state index contributed by atoms with van der Waals surface area (Å²) in [6.45, 7) is 16.5. The number of hydrogen-bond acceptors (Lipinski definition) is 0. The van der Waals surface area contributed by atoms with Crippen molar-refractivity contribution < 1.29 is 0 Å². The SMILES string of the molecule is [B]C1(C)CCC(CC(C)(C)C)(CC(C)(C)C)CC1. The zero-order valence-corrected chi connectivity index (χ0v) is 13.8. The van der Waals surface area contributed by atoms with Gasteiger partial charge in [-0.15, -0.1) is 0 Å². The number of hydrogen-bond donors (Lipinski definition) is 0. The molecule has 0 spiro atoms. The van der Waals surface area contributed by atoms with Crippen molar-refractivity contribution in [1.82, 2.24) is 0 Å². The first-order chi connectivity index (χ1) is 7.83. The fourth-order valence-corrected chi connectivity index (χ4v) is 4.02. The van der Waals surface area contributed by atoms with Gasteiger partial charge in [0.2, 0.25) is 0 Å². The minimum Gasteiger partial charge on any atom is -0.0688 e. The van der Waals surface area contributed by atoms with Gasteiger partial charge in [0.25, 0.3) is 0 Å². The van der Waals surface area contributed by atoms with E-state index in [-0.39, 0.29) is 5.31 Å². The third kappa shape index (κ3) is 5.37. The summed E-state index contributed by atoms with van der Waals surface area (Å²) in [7, 11) is 6.33. The fourth-order valence-electron chi connectivity index (χ4n) is 4.02. The molecule has 0 N–H and O–H groups in total. The van der Waals surface area contributed by atoms with Crippen molar-refractivity contribution in [2.45, 2.75) is 92.3 Å². The monoisotopic (exact) mass is 248 g/mol.